The van der Waals surface area contributed by atoms with E-state index in [2.05, 4.69) is 22.9 Å². The molecule has 2 aliphatic rings. The molecule has 0 bridgehead atoms. The van der Waals surface area contributed by atoms with E-state index >= 15 is 0 Å². The molecule has 3 heterocycles. The van der Waals surface area contributed by atoms with Crippen molar-refractivity contribution in [1.29, 1.82) is 0 Å². The summed E-state index contributed by atoms with van der Waals surface area (Å²) < 4.78 is 0. The summed E-state index contributed by atoms with van der Waals surface area (Å²) in [6, 6.07) is 2.17. The highest BCUT2D eigenvalue weighted by molar-refractivity contribution is 7.11. The summed E-state index contributed by atoms with van der Waals surface area (Å²) in [4.78, 5) is 18.2. The Kier molecular flexibility index (Phi) is 4.53. The van der Waals surface area contributed by atoms with E-state index in [9.17, 15) is 0 Å². The lowest BCUT2D eigenvalue weighted by Crippen LogP contribution is -2.35. The van der Waals surface area contributed by atoms with Gasteiger partial charge in [-0.1, -0.05) is 6.92 Å². The fourth-order valence-corrected chi connectivity index (χ4v) is 5.17. The van der Waals surface area contributed by atoms with Crippen molar-refractivity contribution >= 4 is 17.2 Å². The van der Waals surface area contributed by atoms with Crippen LogP contribution in [0.2, 0.25) is 0 Å². The van der Waals surface area contributed by atoms with Gasteiger partial charge in [0.15, 0.2) is 0 Å². The molecule has 4 nitrogen and oxygen atoms in total. The van der Waals surface area contributed by atoms with Gasteiger partial charge in [0.2, 0.25) is 0 Å². The van der Waals surface area contributed by atoms with Crippen molar-refractivity contribution in [3.8, 4) is 0 Å². The fourth-order valence-electron chi connectivity index (χ4n) is 3.89. The SMILES string of the molecule is CCc1cc(N2CCCC(c3nc4c(s3)CCCC4)C2)nc(C)n1. The number of anilines is 1. The third-order valence-electron chi connectivity index (χ3n) is 5.20. The monoisotopic (exact) mass is 342 g/mol. The first-order valence-corrected chi connectivity index (χ1v) is 10.1. The fraction of sp³-hybridized carbons (Fsp3) is 0.632. The maximum Gasteiger partial charge on any atom is 0.132 e. The molecule has 5 heteroatoms. The van der Waals surface area contributed by atoms with Gasteiger partial charge in [0, 0.05) is 35.6 Å². The Hall–Kier alpha value is -1.49. The average Bonchev–Trinajstić information content (AvgIpc) is 3.05. The Balaban J connectivity index is 1.55. The van der Waals surface area contributed by atoms with Crippen molar-refractivity contribution in [2.24, 2.45) is 0 Å². The Labute approximate surface area is 148 Å². The van der Waals surface area contributed by atoms with Gasteiger partial charge < -0.3 is 4.90 Å². The predicted octanol–water partition coefficient (Wildman–Crippen LogP) is 4.07. The maximum atomic E-state index is 5.01. The molecule has 4 rings (SSSR count). The minimum absolute atomic E-state index is 0.565. The van der Waals surface area contributed by atoms with Crippen LogP contribution in [0.25, 0.3) is 0 Å². The van der Waals surface area contributed by atoms with Gasteiger partial charge in [-0.25, -0.2) is 15.0 Å². The van der Waals surface area contributed by atoms with E-state index in [0.29, 0.717) is 5.92 Å². The van der Waals surface area contributed by atoms with Crippen molar-refractivity contribution < 1.29 is 0 Å². The number of rotatable bonds is 3. The van der Waals surface area contributed by atoms with Crippen LogP contribution in [0, 0.1) is 6.92 Å². The third-order valence-corrected chi connectivity index (χ3v) is 6.52. The Morgan fingerprint density at radius 2 is 2.04 bits per heavy atom. The quantitative estimate of drug-likeness (QED) is 0.843. The number of hydrogen-bond donors (Lipinski definition) is 0. The Bertz CT molecular complexity index is 701. The second-order valence-electron chi connectivity index (χ2n) is 7.03. The summed E-state index contributed by atoms with van der Waals surface area (Å²) >= 11 is 1.98. The first kappa shape index (κ1) is 16.0. The van der Waals surface area contributed by atoms with Crippen molar-refractivity contribution in [2.45, 2.75) is 64.7 Å². The lowest BCUT2D eigenvalue weighted by Gasteiger charge is -2.33. The number of piperidine rings is 1. The molecule has 24 heavy (non-hydrogen) atoms. The molecule has 0 amide bonds. The largest absolute Gasteiger partial charge is 0.356 e. The first-order chi connectivity index (χ1) is 11.7. The summed E-state index contributed by atoms with van der Waals surface area (Å²) in [5.41, 5.74) is 2.54. The lowest BCUT2D eigenvalue weighted by atomic mass is 9.98. The van der Waals surface area contributed by atoms with Crippen LogP contribution in [0.15, 0.2) is 6.07 Å². The standard InChI is InChI=1S/C19H26N4S/c1-3-15-11-18(21-13(2)20-15)23-10-6-7-14(12-23)19-22-16-8-4-5-9-17(16)24-19/h11,14H,3-10,12H2,1-2H3. The molecule has 0 N–H and O–H groups in total. The second kappa shape index (κ2) is 6.79. The zero-order valence-electron chi connectivity index (χ0n) is 14.7. The molecule has 1 unspecified atom stereocenters. The first-order valence-electron chi connectivity index (χ1n) is 9.31. The topological polar surface area (TPSA) is 41.9 Å². The third kappa shape index (κ3) is 3.18. The minimum Gasteiger partial charge on any atom is -0.356 e. The number of nitrogens with zero attached hydrogens (tertiary/aromatic N) is 4. The van der Waals surface area contributed by atoms with Crippen molar-refractivity contribution in [3.63, 3.8) is 0 Å². The molecule has 1 atom stereocenters. The average molecular weight is 343 g/mol. The number of fused-ring (bicyclic) bond motifs is 1. The van der Waals surface area contributed by atoms with Crippen LogP contribution in [-0.2, 0) is 19.3 Å². The molecular weight excluding hydrogens is 316 g/mol. The highest BCUT2D eigenvalue weighted by Gasteiger charge is 2.27. The molecule has 0 aromatic carbocycles. The van der Waals surface area contributed by atoms with Gasteiger partial charge in [-0.15, -0.1) is 11.3 Å². The van der Waals surface area contributed by atoms with Gasteiger partial charge in [0.1, 0.15) is 11.6 Å². The van der Waals surface area contributed by atoms with E-state index in [1.807, 2.05) is 18.3 Å². The molecule has 0 radical (unpaired) electrons. The molecule has 1 saturated heterocycles. The molecule has 1 aliphatic carbocycles. The summed E-state index contributed by atoms with van der Waals surface area (Å²) in [5, 5.41) is 1.37. The number of aromatic nitrogens is 3. The molecule has 2 aromatic heterocycles. The highest BCUT2D eigenvalue weighted by Crippen LogP contribution is 2.35. The van der Waals surface area contributed by atoms with Crippen LogP contribution in [0.3, 0.4) is 0 Å². The van der Waals surface area contributed by atoms with Crippen LogP contribution in [-0.4, -0.2) is 28.0 Å². The van der Waals surface area contributed by atoms with Crippen LogP contribution in [0.5, 0.6) is 0 Å². The second-order valence-corrected chi connectivity index (χ2v) is 8.15. The van der Waals surface area contributed by atoms with Gasteiger partial charge in [0.25, 0.3) is 0 Å². The van der Waals surface area contributed by atoms with Gasteiger partial charge in [0.05, 0.1) is 10.7 Å². The van der Waals surface area contributed by atoms with Gasteiger partial charge in [-0.2, -0.15) is 0 Å². The number of aryl methyl sites for hydroxylation is 4. The summed E-state index contributed by atoms with van der Waals surface area (Å²) in [6.45, 7) is 6.30. The van der Waals surface area contributed by atoms with Crippen LogP contribution in [0.1, 0.15) is 65.6 Å². The van der Waals surface area contributed by atoms with Gasteiger partial charge >= 0.3 is 0 Å². The predicted molar refractivity (Wildman–Crippen MR) is 99.1 cm³/mol. The van der Waals surface area contributed by atoms with Crippen LogP contribution in [0.4, 0.5) is 5.82 Å². The van der Waals surface area contributed by atoms with E-state index < -0.39 is 0 Å². The maximum absolute atomic E-state index is 5.01. The molecule has 1 fully saturated rings. The van der Waals surface area contributed by atoms with E-state index in [1.54, 1.807) is 4.88 Å². The lowest BCUT2D eigenvalue weighted by molar-refractivity contribution is 0.503. The smallest absolute Gasteiger partial charge is 0.132 e. The van der Waals surface area contributed by atoms with Crippen molar-refractivity contribution in [1.82, 2.24) is 15.0 Å². The van der Waals surface area contributed by atoms with E-state index in [-0.39, 0.29) is 0 Å². The zero-order chi connectivity index (χ0) is 16.5. The Morgan fingerprint density at radius 3 is 2.88 bits per heavy atom. The van der Waals surface area contributed by atoms with E-state index in [4.69, 9.17) is 9.97 Å². The number of thiazole rings is 1. The molecule has 0 spiro atoms. The summed E-state index contributed by atoms with van der Waals surface area (Å²) in [6.07, 6.45) is 8.53. The number of hydrogen-bond acceptors (Lipinski definition) is 5. The summed E-state index contributed by atoms with van der Waals surface area (Å²) in [7, 11) is 0. The van der Waals surface area contributed by atoms with E-state index in [1.165, 1.54) is 49.2 Å². The molecule has 128 valence electrons. The van der Waals surface area contributed by atoms with Crippen molar-refractivity contribution in [2.75, 3.05) is 18.0 Å². The molecule has 1 aliphatic heterocycles. The highest BCUT2D eigenvalue weighted by atomic mass is 32.1. The minimum atomic E-state index is 0.565. The molecule has 2 aromatic rings. The van der Waals surface area contributed by atoms with Crippen LogP contribution >= 0.6 is 11.3 Å². The van der Waals surface area contributed by atoms with Gasteiger partial charge in [-0.3, -0.25) is 0 Å². The zero-order valence-corrected chi connectivity index (χ0v) is 15.5. The summed E-state index contributed by atoms with van der Waals surface area (Å²) in [5.74, 6) is 2.55. The van der Waals surface area contributed by atoms with E-state index in [0.717, 1.165) is 36.8 Å². The molecular formula is C19H26N4S. The van der Waals surface area contributed by atoms with Crippen LogP contribution < -0.4 is 4.90 Å². The van der Waals surface area contributed by atoms with Gasteiger partial charge in [-0.05, 0) is 51.9 Å². The molecule has 0 saturated carbocycles. The normalized spacial score (nSPS) is 20.9. The van der Waals surface area contributed by atoms with Crippen molar-refractivity contribution in [3.05, 3.63) is 33.2 Å². The Morgan fingerprint density at radius 1 is 1.17 bits per heavy atom.